The molecular formula is C10H12N2O2. The van der Waals surface area contributed by atoms with Crippen LogP contribution in [0.15, 0.2) is 18.2 Å². The van der Waals surface area contributed by atoms with E-state index in [0.29, 0.717) is 18.8 Å². The highest BCUT2D eigenvalue weighted by atomic mass is 16.7. The van der Waals surface area contributed by atoms with Crippen LogP contribution in [-0.4, -0.2) is 29.1 Å². The molecule has 4 nitrogen and oxygen atoms in total. The Labute approximate surface area is 82.5 Å². The molecule has 1 aliphatic heterocycles. The topological polar surface area (TPSA) is 42.4 Å². The summed E-state index contributed by atoms with van der Waals surface area (Å²) >= 11 is 0. The van der Waals surface area contributed by atoms with Gasteiger partial charge >= 0.3 is 0 Å². The number of hydrogen-bond acceptors (Lipinski definition) is 3. The number of rotatable bonds is 1. The van der Waals surface area contributed by atoms with Gasteiger partial charge in [-0.15, -0.1) is 0 Å². The molecule has 1 aromatic rings. The standard InChI is InChI=1S/C10H12N2O2/c1-8-4-2-5-9(11-8)10(13)12-6-3-7-14-12/h2,4-5H,3,6-7H2,1H3. The molecule has 0 atom stereocenters. The van der Waals surface area contributed by atoms with Gasteiger partial charge in [-0.25, -0.2) is 10.0 Å². The van der Waals surface area contributed by atoms with Crippen LogP contribution in [0.25, 0.3) is 0 Å². The van der Waals surface area contributed by atoms with Gasteiger partial charge in [0.25, 0.3) is 5.91 Å². The van der Waals surface area contributed by atoms with Crippen LogP contribution in [-0.2, 0) is 4.84 Å². The Morgan fingerprint density at radius 2 is 2.43 bits per heavy atom. The van der Waals surface area contributed by atoms with Gasteiger partial charge in [0.15, 0.2) is 0 Å². The number of amides is 1. The van der Waals surface area contributed by atoms with Crippen molar-refractivity contribution >= 4 is 5.91 Å². The molecule has 0 N–H and O–H groups in total. The van der Waals surface area contributed by atoms with Gasteiger partial charge in [0.1, 0.15) is 5.69 Å². The number of aryl methyl sites for hydroxylation is 1. The van der Waals surface area contributed by atoms with E-state index in [4.69, 9.17) is 4.84 Å². The number of carbonyl (C=O) groups is 1. The Morgan fingerprint density at radius 3 is 3.07 bits per heavy atom. The van der Waals surface area contributed by atoms with Crippen molar-refractivity contribution in [3.63, 3.8) is 0 Å². The molecule has 2 heterocycles. The lowest BCUT2D eigenvalue weighted by Crippen LogP contribution is -2.27. The molecule has 1 fully saturated rings. The molecule has 0 bridgehead atoms. The minimum atomic E-state index is -0.147. The zero-order valence-electron chi connectivity index (χ0n) is 8.06. The Morgan fingerprint density at radius 1 is 1.57 bits per heavy atom. The first-order valence-electron chi connectivity index (χ1n) is 4.66. The number of nitrogens with zero attached hydrogens (tertiary/aromatic N) is 2. The van der Waals surface area contributed by atoms with Crippen molar-refractivity contribution in [1.29, 1.82) is 0 Å². The summed E-state index contributed by atoms with van der Waals surface area (Å²) in [5.41, 5.74) is 1.29. The van der Waals surface area contributed by atoms with E-state index >= 15 is 0 Å². The molecule has 1 aliphatic rings. The molecule has 0 spiro atoms. The first-order chi connectivity index (χ1) is 6.77. The van der Waals surface area contributed by atoms with E-state index < -0.39 is 0 Å². The first kappa shape index (κ1) is 9.15. The molecule has 4 heteroatoms. The van der Waals surface area contributed by atoms with Crippen LogP contribution in [0.3, 0.4) is 0 Å². The zero-order valence-corrected chi connectivity index (χ0v) is 8.06. The molecule has 1 aromatic heterocycles. The zero-order chi connectivity index (χ0) is 9.97. The molecule has 0 radical (unpaired) electrons. The van der Waals surface area contributed by atoms with Gasteiger partial charge < -0.3 is 0 Å². The second-order valence-electron chi connectivity index (χ2n) is 3.26. The van der Waals surface area contributed by atoms with E-state index in [-0.39, 0.29) is 5.91 Å². The van der Waals surface area contributed by atoms with Crippen LogP contribution >= 0.6 is 0 Å². The highest BCUT2D eigenvalue weighted by molar-refractivity contribution is 5.91. The smallest absolute Gasteiger partial charge is 0.271 e. The van der Waals surface area contributed by atoms with Gasteiger partial charge in [-0.3, -0.25) is 9.63 Å². The molecule has 0 aliphatic carbocycles. The van der Waals surface area contributed by atoms with Crippen molar-refractivity contribution in [1.82, 2.24) is 10.0 Å². The fourth-order valence-electron chi connectivity index (χ4n) is 1.40. The van der Waals surface area contributed by atoms with E-state index in [2.05, 4.69) is 4.98 Å². The van der Waals surface area contributed by atoms with Gasteiger partial charge in [-0.2, -0.15) is 0 Å². The molecule has 1 saturated heterocycles. The maximum atomic E-state index is 11.7. The summed E-state index contributed by atoms with van der Waals surface area (Å²) in [7, 11) is 0. The molecule has 14 heavy (non-hydrogen) atoms. The molecule has 0 saturated carbocycles. The number of hydroxylamine groups is 2. The summed E-state index contributed by atoms with van der Waals surface area (Å²) in [5.74, 6) is -0.147. The normalized spacial score (nSPS) is 15.9. The number of pyridine rings is 1. The van der Waals surface area contributed by atoms with Crippen LogP contribution in [0.5, 0.6) is 0 Å². The second-order valence-corrected chi connectivity index (χ2v) is 3.26. The summed E-state index contributed by atoms with van der Waals surface area (Å²) in [4.78, 5) is 21.0. The largest absolute Gasteiger partial charge is 0.295 e. The van der Waals surface area contributed by atoms with Gasteiger partial charge in [0, 0.05) is 5.69 Å². The minimum Gasteiger partial charge on any atom is -0.271 e. The van der Waals surface area contributed by atoms with Crippen LogP contribution in [0.4, 0.5) is 0 Å². The third kappa shape index (κ3) is 1.75. The molecule has 74 valence electrons. The van der Waals surface area contributed by atoms with Gasteiger partial charge in [0.05, 0.1) is 13.2 Å². The van der Waals surface area contributed by atoms with E-state index in [1.807, 2.05) is 19.1 Å². The summed E-state index contributed by atoms with van der Waals surface area (Å²) in [6.07, 6.45) is 0.900. The van der Waals surface area contributed by atoms with Crippen molar-refractivity contribution < 1.29 is 9.63 Å². The van der Waals surface area contributed by atoms with Crippen LogP contribution in [0.1, 0.15) is 22.6 Å². The third-order valence-corrected chi connectivity index (χ3v) is 2.09. The Hall–Kier alpha value is -1.42. The summed E-state index contributed by atoms with van der Waals surface area (Å²) < 4.78 is 0. The minimum absolute atomic E-state index is 0.147. The Balaban J connectivity index is 2.17. The van der Waals surface area contributed by atoms with E-state index in [1.165, 1.54) is 5.06 Å². The first-order valence-corrected chi connectivity index (χ1v) is 4.66. The lowest BCUT2D eigenvalue weighted by molar-refractivity contribution is -0.0771. The molecular weight excluding hydrogens is 180 g/mol. The highest BCUT2D eigenvalue weighted by Crippen LogP contribution is 2.09. The maximum Gasteiger partial charge on any atom is 0.295 e. The molecule has 1 amide bonds. The summed E-state index contributed by atoms with van der Waals surface area (Å²) in [5, 5.41) is 1.38. The molecule has 0 unspecified atom stereocenters. The fourth-order valence-corrected chi connectivity index (χ4v) is 1.40. The molecule has 2 rings (SSSR count). The lowest BCUT2D eigenvalue weighted by Gasteiger charge is -2.12. The monoisotopic (exact) mass is 192 g/mol. The second kappa shape index (κ2) is 3.75. The Kier molecular flexibility index (Phi) is 2.45. The summed E-state index contributed by atoms with van der Waals surface area (Å²) in [6.45, 7) is 3.15. The van der Waals surface area contributed by atoms with Crippen molar-refractivity contribution in [2.45, 2.75) is 13.3 Å². The van der Waals surface area contributed by atoms with E-state index in [1.54, 1.807) is 6.07 Å². The SMILES string of the molecule is Cc1cccc(C(=O)N2CCCO2)n1. The average molecular weight is 192 g/mol. The average Bonchev–Trinajstić information content (AvgIpc) is 2.69. The van der Waals surface area contributed by atoms with Crippen molar-refractivity contribution in [3.05, 3.63) is 29.6 Å². The number of carbonyl (C=O) groups excluding carboxylic acids is 1. The van der Waals surface area contributed by atoms with E-state index in [0.717, 1.165) is 12.1 Å². The highest BCUT2D eigenvalue weighted by Gasteiger charge is 2.21. The van der Waals surface area contributed by atoms with Crippen LogP contribution in [0, 0.1) is 6.92 Å². The lowest BCUT2D eigenvalue weighted by atomic mass is 10.3. The third-order valence-electron chi connectivity index (χ3n) is 2.09. The van der Waals surface area contributed by atoms with Crippen molar-refractivity contribution in [2.24, 2.45) is 0 Å². The van der Waals surface area contributed by atoms with Crippen LogP contribution in [0.2, 0.25) is 0 Å². The number of hydrogen-bond donors (Lipinski definition) is 0. The summed E-state index contributed by atoms with van der Waals surface area (Å²) in [6, 6.07) is 5.39. The predicted molar refractivity (Wildman–Crippen MR) is 50.6 cm³/mol. The van der Waals surface area contributed by atoms with Crippen LogP contribution < -0.4 is 0 Å². The van der Waals surface area contributed by atoms with Gasteiger partial charge in [-0.1, -0.05) is 6.07 Å². The predicted octanol–water partition coefficient (Wildman–Crippen LogP) is 1.17. The van der Waals surface area contributed by atoms with Crippen molar-refractivity contribution in [3.8, 4) is 0 Å². The van der Waals surface area contributed by atoms with E-state index in [9.17, 15) is 4.79 Å². The quantitative estimate of drug-likeness (QED) is 0.670. The number of aromatic nitrogens is 1. The molecule has 0 aromatic carbocycles. The van der Waals surface area contributed by atoms with Gasteiger partial charge in [-0.05, 0) is 25.5 Å². The Bertz CT molecular complexity index is 346. The fraction of sp³-hybridized carbons (Fsp3) is 0.400. The maximum absolute atomic E-state index is 11.7. The van der Waals surface area contributed by atoms with Gasteiger partial charge in [0.2, 0.25) is 0 Å². The van der Waals surface area contributed by atoms with Crippen molar-refractivity contribution in [2.75, 3.05) is 13.2 Å².